The predicted molar refractivity (Wildman–Crippen MR) is 270 cm³/mol. The van der Waals surface area contributed by atoms with Gasteiger partial charge in [-0.05, 0) is 47.1 Å². The Morgan fingerprint density at radius 1 is 0.667 bits per heavy atom. The molecule has 0 bridgehead atoms. The number of carboxylic acids is 5. The number of hydrogen-bond acceptors (Lipinski definition) is 24. The number of aliphatic carboxylic acids is 5. The molecule has 0 spiro atoms. The molecular weight excluding hydrogens is 1110 g/mol. The molecule has 4 aliphatic rings. The second kappa shape index (κ2) is 22.7. The van der Waals surface area contributed by atoms with Gasteiger partial charge in [0.1, 0.15) is 45.6 Å². The summed E-state index contributed by atoms with van der Waals surface area (Å²) in [6.45, 7) is 6.71. The molecule has 34 heteroatoms. The van der Waals surface area contributed by atoms with E-state index in [-0.39, 0.29) is 57.5 Å². The third-order valence-corrected chi connectivity index (χ3v) is 15.7. The van der Waals surface area contributed by atoms with E-state index in [1.54, 1.807) is 35.2 Å². The number of β-lactam (4-membered cyclic amide) rings is 2. The summed E-state index contributed by atoms with van der Waals surface area (Å²) in [5.74, 6) is -10.8. The number of pyridine rings is 1. The van der Waals surface area contributed by atoms with E-state index in [4.69, 9.17) is 19.2 Å². The largest absolute Gasteiger partial charge is 0.534 e. The lowest BCUT2D eigenvalue weighted by molar-refractivity contribution is -0.689. The number of ether oxygens (including phenoxy) is 1. The summed E-state index contributed by atoms with van der Waals surface area (Å²) in [6, 6.07) is 2.73. The normalized spacial score (nSPS) is 19.5. The highest BCUT2D eigenvalue weighted by molar-refractivity contribution is 8.00. The molecule has 30 nitrogen and oxygen atoms in total. The summed E-state index contributed by atoms with van der Waals surface area (Å²) >= 11 is 3.94. The third kappa shape index (κ3) is 12.2. The molecule has 7 heterocycles. The number of oxime groups is 2. The highest BCUT2D eigenvalue weighted by atomic mass is 32.2. The summed E-state index contributed by atoms with van der Waals surface area (Å²) in [7, 11) is 0. The van der Waals surface area contributed by atoms with Crippen molar-refractivity contribution >= 4 is 128 Å². The first-order chi connectivity index (χ1) is 36.6. The molecule has 0 radical (unpaired) electrons. The van der Waals surface area contributed by atoms with Gasteiger partial charge in [-0.2, -0.15) is 5.48 Å². The molecule has 2 saturated heterocycles. The van der Waals surface area contributed by atoms with Gasteiger partial charge in [0.25, 0.3) is 23.6 Å². The number of carbonyl (C=O) groups is 10. The standard InChI is InChI=1S/C44H45N11O19S4/c1-42(2,36(64)65)71-41(70)72-52-40-47-21(17-78-40)23(51-74-44(5,6)38(68)69)29(57)48-24-30(58)54-26(34(60)61)18(14-75-32(24)54)12-45-39-46-20(16-77-39)22(50-73-43(3,4)37(66)67)28(56)49-25-31(59)55-27(35(62)63)19(15-76-33(25)55)13-53-10-8-7-9-11-53/h7-11,16-17,24-25,32-33H,12-15H2,1-6H3,(H8-,45,46,47,48,49,52,56,57,60,61,62,63,64,65,66,67,68,69)/p+1/b50-22-,51-23-/t24-,25-,32-,33-/m1/s1. The van der Waals surface area contributed by atoms with Crippen LogP contribution in [0.1, 0.15) is 52.9 Å². The minimum atomic E-state index is -1.99. The number of carboxylic acid groups (broad SMARTS) is 5. The average molecular weight is 1160 g/mol. The van der Waals surface area contributed by atoms with Gasteiger partial charge in [-0.3, -0.25) is 29.0 Å². The van der Waals surface area contributed by atoms with Gasteiger partial charge in [-0.1, -0.05) is 16.4 Å². The van der Waals surface area contributed by atoms with Crippen molar-refractivity contribution in [3.8, 4) is 0 Å². The molecule has 0 saturated carbocycles. The zero-order valence-corrected chi connectivity index (χ0v) is 44.7. The lowest BCUT2D eigenvalue weighted by Crippen LogP contribution is -2.71. The molecule has 4 atom stereocenters. The monoisotopic (exact) mass is 1160 g/mol. The molecule has 0 aromatic carbocycles. The van der Waals surface area contributed by atoms with Gasteiger partial charge in [0.2, 0.25) is 21.9 Å². The molecule has 4 aliphatic heterocycles. The number of rotatable bonds is 23. The van der Waals surface area contributed by atoms with Gasteiger partial charge in [0, 0.05) is 46.5 Å². The van der Waals surface area contributed by atoms with Crippen LogP contribution in [0.15, 0.2) is 74.2 Å². The van der Waals surface area contributed by atoms with E-state index in [1.807, 2.05) is 0 Å². The van der Waals surface area contributed by atoms with Crippen molar-refractivity contribution in [2.75, 3.05) is 28.8 Å². The van der Waals surface area contributed by atoms with Crippen LogP contribution >= 0.6 is 46.2 Å². The van der Waals surface area contributed by atoms with Crippen molar-refractivity contribution in [1.82, 2.24) is 30.4 Å². The Balaban J connectivity index is 1.04. The van der Waals surface area contributed by atoms with E-state index in [2.05, 4.69) is 41.7 Å². The quantitative estimate of drug-likeness (QED) is 0.0207. The van der Waals surface area contributed by atoms with Crippen LogP contribution in [0.3, 0.4) is 0 Å². The van der Waals surface area contributed by atoms with Crippen molar-refractivity contribution in [1.29, 1.82) is 0 Å². The predicted octanol–water partition coefficient (Wildman–Crippen LogP) is 0.688. The second-order valence-electron chi connectivity index (χ2n) is 18.3. The fourth-order valence-electron chi connectivity index (χ4n) is 7.04. The van der Waals surface area contributed by atoms with E-state index < -0.39 is 116 Å². The molecule has 3 aromatic heterocycles. The Kier molecular flexibility index (Phi) is 16.7. The minimum Gasteiger partial charge on any atom is -0.478 e. The first-order valence-corrected chi connectivity index (χ1v) is 26.4. The molecule has 2 fully saturated rings. The molecule has 78 heavy (non-hydrogen) atoms. The van der Waals surface area contributed by atoms with Crippen LogP contribution in [0.4, 0.5) is 15.1 Å². The van der Waals surface area contributed by atoms with Gasteiger partial charge < -0.3 is 60.7 Å². The minimum absolute atomic E-state index is 0.0258. The summed E-state index contributed by atoms with van der Waals surface area (Å²) in [5, 5.41) is 65.1. The Morgan fingerprint density at radius 2 is 1.12 bits per heavy atom. The fraction of sp³-hybridized carbons (Fsp3) is 0.386. The molecule has 0 unspecified atom stereocenters. The summed E-state index contributed by atoms with van der Waals surface area (Å²) in [5.41, 5.74) is -5.47. The Hall–Kier alpha value is -8.37. The molecule has 4 amide bonds. The van der Waals surface area contributed by atoms with Crippen LogP contribution < -0.4 is 26.0 Å². The molecule has 3 aromatic rings. The maximum Gasteiger partial charge on any atom is 0.534 e. The Morgan fingerprint density at radius 3 is 1.59 bits per heavy atom. The Bertz CT molecular complexity index is 3140. The van der Waals surface area contributed by atoms with Crippen LogP contribution in [0.2, 0.25) is 0 Å². The number of hydrogen-bond donors (Lipinski definition) is 9. The molecule has 414 valence electrons. The van der Waals surface area contributed by atoms with E-state index >= 15 is 0 Å². The highest BCUT2D eigenvalue weighted by Gasteiger charge is 2.56. The zero-order chi connectivity index (χ0) is 57.2. The molecular formula is C44H46N11O19S4+. The molecule has 0 aliphatic carbocycles. The molecule has 7 rings (SSSR count). The van der Waals surface area contributed by atoms with Crippen molar-refractivity contribution in [3.05, 3.63) is 75.3 Å². The number of amides is 4. The van der Waals surface area contributed by atoms with Crippen LogP contribution in [-0.4, -0.2) is 174 Å². The number of thioether (sulfide) groups is 2. The van der Waals surface area contributed by atoms with E-state index in [9.17, 15) is 73.5 Å². The number of aromatic nitrogens is 3. The van der Waals surface area contributed by atoms with Crippen LogP contribution in [0.25, 0.3) is 0 Å². The Labute approximate surface area is 455 Å². The van der Waals surface area contributed by atoms with E-state index in [1.165, 1.54) is 36.4 Å². The van der Waals surface area contributed by atoms with Gasteiger partial charge in [-0.15, -0.1) is 46.2 Å². The maximum atomic E-state index is 14.0. The topological polar surface area (TPSA) is 418 Å². The van der Waals surface area contributed by atoms with Crippen molar-refractivity contribution in [2.24, 2.45) is 10.3 Å². The second-order valence-corrected chi connectivity index (χ2v) is 22.2. The lowest BCUT2D eigenvalue weighted by Gasteiger charge is -2.49. The van der Waals surface area contributed by atoms with Crippen molar-refractivity contribution in [2.45, 2.75) is 87.7 Å². The van der Waals surface area contributed by atoms with Gasteiger partial charge in [0.05, 0.1) is 0 Å². The number of fused-ring (bicyclic) bond motifs is 2. The number of thiazole rings is 2. The average Bonchev–Trinajstić information content (AvgIpc) is 4.19. The third-order valence-electron chi connectivity index (χ3n) is 11.4. The smallest absolute Gasteiger partial charge is 0.478 e. The number of carbonyl (C=O) groups excluding carboxylic acids is 5. The van der Waals surface area contributed by atoms with Crippen LogP contribution in [-0.2, 0) is 68.9 Å². The van der Waals surface area contributed by atoms with E-state index in [0.29, 0.717) is 5.57 Å². The number of nitrogens with one attached hydrogen (secondary N) is 4. The number of anilines is 2. The summed E-state index contributed by atoms with van der Waals surface area (Å²) < 4.78 is 6.48. The van der Waals surface area contributed by atoms with Crippen molar-refractivity contribution in [3.63, 3.8) is 0 Å². The van der Waals surface area contributed by atoms with Gasteiger partial charge in [-0.25, -0.2) is 43.3 Å². The first kappa shape index (κ1) is 57.3. The van der Waals surface area contributed by atoms with E-state index in [0.717, 1.165) is 71.9 Å². The SMILES string of the molecule is CC(C)(O/N=C(\C(=O)N[C@@H]1C(=O)N2C(C(=O)O)=C(C[n+]3ccccc3)CS[C@H]12)c1csc(NCC2=C(C(=O)O)N3C(=O)[C@@H](NC(=O)/C(=N\OC(C)(C)C(=O)O)c4csc(NOC(=O)OC(C)(C)C(=O)O)n4)[C@H]3SC2)n1)C(=O)O. The number of nitrogens with zero attached hydrogens (tertiary/aromatic N) is 7. The van der Waals surface area contributed by atoms with Gasteiger partial charge >= 0.3 is 36.0 Å². The maximum absolute atomic E-state index is 14.0. The zero-order valence-electron chi connectivity index (χ0n) is 41.4. The summed E-state index contributed by atoms with van der Waals surface area (Å²) in [4.78, 5) is 153. The van der Waals surface area contributed by atoms with Crippen LogP contribution in [0.5, 0.6) is 0 Å². The highest BCUT2D eigenvalue weighted by Crippen LogP contribution is 2.42. The van der Waals surface area contributed by atoms with Crippen molar-refractivity contribution < 1.29 is 97.3 Å². The van der Waals surface area contributed by atoms with Crippen LogP contribution in [0, 0.1) is 0 Å². The molecule has 9 N–H and O–H groups in total. The lowest BCUT2D eigenvalue weighted by atomic mass is 10.0. The summed E-state index contributed by atoms with van der Waals surface area (Å²) in [6.07, 6.45) is 2.03. The van der Waals surface area contributed by atoms with Gasteiger partial charge in [0.15, 0.2) is 35.5 Å². The first-order valence-electron chi connectivity index (χ1n) is 22.5. The fourth-order valence-corrected chi connectivity index (χ4v) is 11.0.